The van der Waals surface area contributed by atoms with Gasteiger partial charge in [-0.3, -0.25) is 14.5 Å². The lowest BCUT2D eigenvalue weighted by Crippen LogP contribution is -2.53. The predicted octanol–water partition coefficient (Wildman–Crippen LogP) is 3.73. The lowest BCUT2D eigenvalue weighted by molar-refractivity contribution is -0.325. The number of ether oxygens (including phenoxy) is 4. The lowest BCUT2D eigenvalue weighted by atomic mass is 9.84. The maximum absolute atomic E-state index is 13.1. The molecule has 2 atom stereocenters. The number of likely N-dealkylation sites (tertiary alicyclic amines) is 1. The Kier molecular flexibility index (Phi) is 6.60. The van der Waals surface area contributed by atoms with E-state index in [4.69, 9.17) is 14.2 Å². The normalized spacial score (nSPS) is 22.8. The van der Waals surface area contributed by atoms with Gasteiger partial charge < -0.3 is 19.1 Å². The van der Waals surface area contributed by atoms with E-state index in [1.165, 1.54) is 0 Å². The predicted molar refractivity (Wildman–Crippen MR) is 111 cm³/mol. The second-order valence-corrected chi connectivity index (χ2v) is 8.10. The van der Waals surface area contributed by atoms with Gasteiger partial charge in [0.15, 0.2) is 0 Å². The maximum atomic E-state index is 13.1. The fraction of sp³-hybridized carbons (Fsp3) is 0.478. The summed E-state index contributed by atoms with van der Waals surface area (Å²) in [5.74, 6) is 0.236. The van der Waals surface area contributed by atoms with Gasteiger partial charge >= 0.3 is 6.36 Å². The summed E-state index contributed by atoms with van der Waals surface area (Å²) in [4.78, 5) is 19.5. The number of carbonyl (C=O) groups is 1. The number of aromatic nitrogens is 1. The molecule has 10 heteroatoms. The number of fused-ring (bicyclic) bond motifs is 1. The molecule has 0 spiro atoms. The quantitative estimate of drug-likeness (QED) is 0.605. The first-order chi connectivity index (χ1) is 15.7. The Balaban J connectivity index is 1.40. The van der Waals surface area contributed by atoms with Crippen LogP contribution >= 0.6 is 0 Å². The maximum Gasteiger partial charge on any atom is 0.522 e. The topological polar surface area (TPSA) is 70.1 Å². The zero-order valence-electron chi connectivity index (χ0n) is 18.4. The summed E-state index contributed by atoms with van der Waals surface area (Å²) in [6, 6.07) is 10.6. The van der Waals surface area contributed by atoms with Crippen LogP contribution in [0.2, 0.25) is 0 Å². The molecule has 0 N–H and O–H groups in total. The Labute approximate surface area is 189 Å². The molecule has 1 aromatic carbocycles. The van der Waals surface area contributed by atoms with Crippen molar-refractivity contribution in [2.75, 3.05) is 33.1 Å². The first-order valence-corrected chi connectivity index (χ1v) is 10.6. The summed E-state index contributed by atoms with van der Waals surface area (Å²) in [5, 5.41) is 0. The van der Waals surface area contributed by atoms with Crippen molar-refractivity contribution in [3.63, 3.8) is 0 Å². The highest BCUT2D eigenvalue weighted by atomic mass is 19.4. The fourth-order valence-electron chi connectivity index (χ4n) is 4.24. The number of nitrogens with zero attached hydrogens (tertiary/aromatic N) is 2. The first-order valence-electron chi connectivity index (χ1n) is 10.6. The number of pyridine rings is 1. The zero-order valence-corrected chi connectivity index (χ0v) is 18.4. The highest BCUT2D eigenvalue weighted by Crippen LogP contribution is 2.42. The molecule has 1 amide bonds. The summed E-state index contributed by atoms with van der Waals surface area (Å²) in [5.41, 5.74) is 2.13. The van der Waals surface area contributed by atoms with Gasteiger partial charge in [-0.2, -0.15) is 0 Å². The van der Waals surface area contributed by atoms with Gasteiger partial charge in [0.2, 0.25) is 0 Å². The number of alkyl halides is 3. The monoisotopic (exact) mass is 466 g/mol. The number of hydrogen-bond acceptors (Lipinski definition) is 6. The van der Waals surface area contributed by atoms with Crippen molar-refractivity contribution in [3.05, 3.63) is 58.9 Å². The molecule has 1 aromatic heterocycles. The summed E-state index contributed by atoms with van der Waals surface area (Å²) < 4.78 is 57.1. The highest BCUT2D eigenvalue weighted by Gasteiger charge is 2.52. The van der Waals surface area contributed by atoms with Crippen LogP contribution < -0.4 is 4.74 Å². The first kappa shape index (κ1) is 23.5. The fourth-order valence-corrected chi connectivity index (χ4v) is 4.24. The number of piperidine rings is 1. The second kappa shape index (κ2) is 9.28. The lowest BCUT2D eigenvalue weighted by Gasteiger charge is -2.41. The Morgan fingerprint density at radius 3 is 2.79 bits per heavy atom. The Morgan fingerprint density at radius 2 is 2.06 bits per heavy atom. The van der Waals surface area contributed by atoms with Crippen LogP contribution in [0.1, 0.15) is 33.7 Å². The van der Waals surface area contributed by atoms with Gasteiger partial charge in [-0.1, -0.05) is 6.07 Å². The molecule has 2 aliphatic heterocycles. The van der Waals surface area contributed by atoms with E-state index >= 15 is 0 Å². The van der Waals surface area contributed by atoms with Crippen LogP contribution in [0.4, 0.5) is 13.2 Å². The molecule has 33 heavy (non-hydrogen) atoms. The van der Waals surface area contributed by atoms with Gasteiger partial charge in [-0.25, -0.2) is 0 Å². The molecule has 3 heterocycles. The van der Waals surface area contributed by atoms with Crippen LogP contribution in [0.15, 0.2) is 36.4 Å². The summed E-state index contributed by atoms with van der Waals surface area (Å²) in [7, 11) is 0. The van der Waals surface area contributed by atoms with E-state index in [0.717, 1.165) is 11.4 Å². The third-order valence-electron chi connectivity index (χ3n) is 5.88. The van der Waals surface area contributed by atoms with Crippen molar-refractivity contribution in [3.8, 4) is 5.75 Å². The Morgan fingerprint density at radius 1 is 1.24 bits per heavy atom. The summed E-state index contributed by atoms with van der Waals surface area (Å²) >= 11 is 0. The highest BCUT2D eigenvalue weighted by molar-refractivity contribution is 5.94. The average molecular weight is 466 g/mol. The van der Waals surface area contributed by atoms with Crippen LogP contribution in [0.3, 0.4) is 0 Å². The minimum atomic E-state index is -4.69. The van der Waals surface area contributed by atoms with E-state index < -0.39 is 18.6 Å². The minimum absolute atomic E-state index is 0.144. The standard InChI is InChI=1S/C23H25F3N2O5/c1-15-12-17(6-7-18(15)30-10-11-32-23(24,25)26)21(29)28-9-8-22(20(13-28)31-14-33-22)19-5-3-4-16(2)27-19/h3-7,12,20H,8-11,13-14H2,1-2H3/t20-,22-/m1/s1. The number of halogens is 3. The average Bonchev–Trinajstić information content (AvgIpc) is 3.21. The third-order valence-corrected chi connectivity index (χ3v) is 5.88. The van der Waals surface area contributed by atoms with Gasteiger partial charge in [-0.15, -0.1) is 13.2 Å². The van der Waals surface area contributed by atoms with Crippen LogP contribution in [-0.2, 0) is 19.8 Å². The molecule has 7 nitrogen and oxygen atoms in total. The molecule has 2 aliphatic rings. The number of hydrogen-bond donors (Lipinski definition) is 0. The van der Waals surface area contributed by atoms with E-state index in [2.05, 4.69) is 9.72 Å². The zero-order chi connectivity index (χ0) is 23.6. The third kappa shape index (κ3) is 5.13. The van der Waals surface area contributed by atoms with E-state index in [-0.39, 0.29) is 25.4 Å². The second-order valence-electron chi connectivity index (χ2n) is 8.10. The molecular formula is C23H25F3N2O5. The Hall–Kier alpha value is -2.69. The minimum Gasteiger partial charge on any atom is -0.491 e. The molecule has 178 valence electrons. The van der Waals surface area contributed by atoms with Crippen molar-refractivity contribution < 1.29 is 36.9 Å². The van der Waals surface area contributed by atoms with Crippen molar-refractivity contribution in [2.45, 2.75) is 38.3 Å². The van der Waals surface area contributed by atoms with Crippen molar-refractivity contribution in [1.82, 2.24) is 9.88 Å². The van der Waals surface area contributed by atoms with Gasteiger partial charge in [0, 0.05) is 24.2 Å². The molecule has 0 saturated carbocycles. The SMILES string of the molecule is Cc1cccc([C@]23CCN(C(=O)c4ccc(OCCOC(F)(F)F)c(C)c4)C[C@H]2OCO3)n1. The van der Waals surface area contributed by atoms with Crippen LogP contribution in [0, 0.1) is 13.8 Å². The van der Waals surface area contributed by atoms with Crippen molar-refractivity contribution >= 4 is 5.91 Å². The molecule has 2 fully saturated rings. The molecule has 0 bridgehead atoms. The largest absolute Gasteiger partial charge is 0.522 e. The molecule has 0 radical (unpaired) electrons. The molecule has 2 saturated heterocycles. The van der Waals surface area contributed by atoms with Crippen molar-refractivity contribution in [2.24, 2.45) is 0 Å². The number of benzene rings is 1. The van der Waals surface area contributed by atoms with E-state index in [1.54, 1.807) is 30.0 Å². The molecular weight excluding hydrogens is 441 g/mol. The summed E-state index contributed by atoms with van der Waals surface area (Å²) in [6.07, 6.45) is -4.47. The van der Waals surface area contributed by atoms with Gasteiger partial charge in [0.1, 0.15) is 30.9 Å². The van der Waals surface area contributed by atoms with Crippen molar-refractivity contribution in [1.29, 1.82) is 0 Å². The van der Waals surface area contributed by atoms with Crippen LogP contribution in [0.5, 0.6) is 5.75 Å². The Bertz CT molecular complexity index is 1020. The van der Waals surface area contributed by atoms with Gasteiger partial charge in [0.05, 0.1) is 18.8 Å². The van der Waals surface area contributed by atoms with Crippen LogP contribution in [-0.4, -0.2) is 61.4 Å². The van der Waals surface area contributed by atoms with E-state index in [0.29, 0.717) is 36.4 Å². The number of amides is 1. The number of carbonyl (C=O) groups excluding carboxylic acids is 1. The number of rotatable bonds is 6. The van der Waals surface area contributed by atoms with E-state index in [1.807, 2.05) is 25.1 Å². The molecule has 2 aromatic rings. The molecule has 0 aliphatic carbocycles. The smallest absolute Gasteiger partial charge is 0.491 e. The van der Waals surface area contributed by atoms with Gasteiger partial charge in [0.25, 0.3) is 5.91 Å². The van der Waals surface area contributed by atoms with Crippen LogP contribution in [0.25, 0.3) is 0 Å². The molecule has 4 rings (SSSR count). The number of aryl methyl sites for hydroxylation is 2. The molecule has 0 unspecified atom stereocenters. The van der Waals surface area contributed by atoms with E-state index in [9.17, 15) is 18.0 Å². The summed E-state index contributed by atoms with van der Waals surface area (Å²) in [6.45, 7) is 3.76. The van der Waals surface area contributed by atoms with Gasteiger partial charge in [-0.05, 0) is 49.7 Å².